The number of aromatic nitrogens is 3. The van der Waals surface area contributed by atoms with Gasteiger partial charge in [0.2, 0.25) is 4.77 Å². The first-order chi connectivity index (χ1) is 10.3. The van der Waals surface area contributed by atoms with E-state index < -0.39 is 0 Å². The van der Waals surface area contributed by atoms with Crippen molar-refractivity contribution < 1.29 is 0 Å². The van der Waals surface area contributed by atoms with E-state index in [0.29, 0.717) is 4.77 Å². The molecule has 1 aliphatic heterocycles. The first-order valence-electron chi connectivity index (χ1n) is 7.34. The van der Waals surface area contributed by atoms with Crippen LogP contribution in [0.5, 0.6) is 0 Å². The van der Waals surface area contributed by atoms with Crippen LogP contribution < -0.4 is 4.90 Å². The number of benzene rings is 1. The Labute approximate surface area is 129 Å². The molecule has 2 aromatic rings. The summed E-state index contributed by atoms with van der Waals surface area (Å²) in [6, 6.07) is 8.52. The van der Waals surface area contributed by atoms with Gasteiger partial charge in [0, 0.05) is 18.8 Å². The van der Waals surface area contributed by atoms with Gasteiger partial charge in [-0.3, -0.25) is 5.10 Å². The van der Waals surface area contributed by atoms with Gasteiger partial charge in [-0.15, -0.1) is 0 Å². The molecule has 3 rings (SSSR count). The average molecular weight is 301 g/mol. The van der Waals surface area contributed by atoms with Crippen LogP contribution in [-0.2, 0) is 0 Å². The number of hydrogen-bond acceptors (Lipinski definition) is 4. The lowest BCUT2D eigenvalue weighted by Crippen LogP contribution is -2.23. The molecule has 1 fully saturated rings. The molecule has 0 bridgehead atoms. The second-order valence-electron chi connectivity index (χ2n) is 5.24. The van der Waals surface area contributed by atoms with Crippen molar-refractivity contribution in [3.05, 3.63) is 40.9 Å². The molecule has 0 radical (unpaired) electrons. The van der Waals surface area contributed by atoms with E-state index in [0.717, 1.165) is 18.7 Å². The molecule has 110 valence electrons. The van der Waals surface area contributed by atoms with Crippen molar-refractivity contribution in [3.8, 4) is 0 Å². The second kappa shape index (κ2) is 6.67. The minimum Gasteiger partial charge on any atom is -0.372 e. The fourth-order valence-electron chi connectivity index (χ4n) is 2.55. The Morgan fingerprint density at radius 1 is 1.10 bits per heavy atom. The largest absolute Gasteiger partial charge is 0.372 e. The standard InChI is InChI=1S/C15H19N5S/c21-15-18-16-12-20(15)17-11-13-5-7-14(8-6-13)19-9-3-1-2-4-10-19/h5-8,11-12H,1-4,9-10H2,(H,18,21)/b17-11-. The summed E-state index contributed by atoms with van der Waals surface area (Å²) in [5, 5.41) is 10.8. The van der Waals surface area contributed by atoms with Crippen molar-refractivity contribution in [2.45, 2.75) is 25.7 Å². The summed E-state index contributed by atoms with van der Waals surface area (Å²) in [4.78, 5) is 2.47. The van der Waals surface area contributed by atoms with Crippen LogP contribution in [0, 0.1) is 4.77 Å². The van der Waals surface area contributed by atoms with Gasteiger partial charge >= 0.3 is 0 Å². The maximum absolute atomic E-state index is 5.04. The molecule has 5 nitrogen and oxygen atoms in total. The van der Waals surface area contributed by atoms with Crippen LogP contribution in [0.25, 0.3) is 0 Å². The van der Waals surface area contributed by atoms with Crippen LogP contribution in [0.2, 0.25) is 0 Å². The Bertz CT molecular complexity index is 647. The summed E-state index contributed by atoms with van der Waals surface area (Å²) in [5.74, 6) is 0. The molecule has 0 amide bonds. The molecular formula is C15H19N5S. The second-order valence-corrected chi connectivity index (χ2v) is 5.63. The van der Waals surface area contributed by atoms with Crippen LogP contribution in [0.3, 0.4) is 0 Å². The zero-order chi connectivity index (χ0) is 14.5. The van der Waals surface area contributed by atoms with Gasteiger partial charge in [0.1, 0.15) is 6.33 Å². The van der Waals surface area contributed by atoms with Gasteiger partial charge in [-0.1, -0.05) is 25.0 Å². The highest BCUT2D eigenvalue weighted by atomic mass is 32.1. The molecule has 21 heavy (non-hydrogen) atoms. The molecule has 1 saturated heterocycles. The average Bonchev–Trinajstić information content (AvgIpc) is 2.77. The monoisotopic (exact) mass is 301 g/mol. The highest BCUT2D eigenvalue weighted by molar-refractivity contribution is 7.71. The predicted octanol–water partition coefficient (Wildman–Crippen LogP) is 3.20. The number of nitrogens with one attached hydrogen (secondary N) is 1. The quantitative estimate of drug-likeness (QED) is 0.699. The van der Waals surface area contributed by atoms with Crippen molar-refractivity contribution in [2.24, 2.45) is 5.10 Å². The minimum absolute atomic E-state index is 0.493. The topological polar surface area (TPSA) is 49.2 Å². The molecule has 1 aromatic carbocycles. The van der Waals surface area contributed by atoms with Gasteiger partial charge in [0.25, 0.3) is 0 Å². The maximum atomic E-state index is 5.04. The Hall–Kier alpha value is -1.95. The summed E-state index contributed by atoms with van der Waals surface area (Å²) in [6.07, 6.45) is 8.64. The van der Waals surface area contributed by atoms with Crippen LogP contribution in [0.15, 0.2) is 35.7 Å². The summed E-state index contributed by atoms with van der Waals surface area (Å²) in [5.41, 5.74) is 2.35. The number of H-pyrrole nitrogens is 1. The molecule has 0 spiro atoms. The zero-order valence-corrected chi connectivity index (χ0v) is 12.7. The van der Waals surface area contributed by atoms with Crippen LogP contribution in [0.1, 0.15) is 31.2 Å². The third-order valence-electron chi connectivity index (χ3n) is 3.73. The summed E-state index contributed by atoms with van der Waals surface area (Å²) >= 11 is 5.04. The Morgan fingerprint density at radius 3 is 2.43 bits per heavy atom. The summed E-state index contributed by atoms with van der Waals surface area (Å²) in [7, 11) is 0. The maximum Gasteiger partial charge on any atom is 0.216 e. The van der Waals surface area contributed by atoms with E-state index in [4.69, 9.17) is 12.2 Å². The lowest BCUT2D eigenvalue weighted by molar-refractivity contribution is 0.726. The third kappa shape index (κ3) is 3.58. The van der Waals surface area contributed by atoms with E-state index in [2.05, 4.69) is 44.5 Å². The van der Waals surface area contributed by atoms with Crippen molar-refractivity contribution >= 4 is 24.1 Å². The van der Waals surface area contributed by atoms with E-state index in [1.54, 1.807) is 12.5 Å². The highest BCUT2D eigenvalue weighted by Gasteiger charge is 2.09. The molecule has 1 aliphatic rings. The minimum atomic E-state index is 0.493. The molecule has 6 heteroatoms. The fraction of sp³-hybridized carbons (Fsp3) is 0.400. The normalized spacial score (nSPS) is 16.3. The molecular weight excluding hydrogens is 282 g/mol. The first kappa shape index (κ1) is 14.0. The predicted molar refractivity (Wildman–Crippen MR) is 87.5 cm³/mol. The van der Waals surface area contributed by atoms with Crippen molar-refractivity contribution in [1.82, 2.24) is 14.9 Å². The van der Waals surface area contributed by atoms with E-state index in [1.165, 1.54) is 36.0 Å². The lowest BCUT2D eigenvalue weighted by atomic mass is 10.2. The SMILES string of the molecule is S=c1[nH]ncn1/N=C\c1ccc(N2CCCCCC2)cc1. The molecule has 0 unspecified atom stereocenters. The Morgan fingerprint density at radius 2 is 1.81 bits per heavy atom. The number of rotatable bonds is 3. The molecule has 1 N–H and O–H groups in total. The van der Waals surface area contributed by atoms with Gasteiger partial charge < -0.3 is 4.90 Å². The van der Waals surface area contributed by atoms with Crippen molar-refractivity contribution in [1.29, 1.82) is 0 Å². The van der Waals surface area contributed by atoms with Crippen LogP contribution in [-0.4, -0.2) is 34.2 Å². The molecule has 0 aliphatic carbocycles. The molecule has 2 heterocycles. The van der Waals surface area contributed by atoms with Crippen LogP contribution >= 0.6 is 12.2 Å². The zero-order valence-electron chi connectivity index (χ0n) is 11.9. The smallest absolute Gasteiger partial charge is 0.216 e. The molecule has 0 saturated carbocycles. The van der Waals surface area contributed by atoms with Gasteiger partial charge in [-0.2, -0.15) is 14.9 Å². The highest BCUT2D eigenvalue weighted by Crippen LogP contribution is 2.19. The molecule has 1 aromatic heterocycles. The van der Waals surface area contributed by atoms with Gasteiger partial charge in [0.15, 0.2) is 0 Å². The fourth-order valence-corrected chi connectivity index (χ4v) is 2.70. The van der Waals surface area contributed by atoms with E-state index in [-0.39, 0.29) is 0 Å². The van der Waals surface area contributed by atoms with E-state index in [9.17, 15) is 0 Å². The Kier molecular flexibility index (Phi) is 4.45. The summed E-state index contributed by atoms with van der Waals surface area (Å²) < 4.78 is 2.03. The van der Waals surface area contributed by atoms with Gasteiger partial charge in [-0.05, 0) is 42.8 Å². The van der Waals surface area contributed by atoms with E-state index in [1.807, 2.05) is 0 Å². The number of anilines is 1. The van der Waals surface area contributed by atoms with Gasteiger partial charge in [0.05, 0.1) is 6.21 Å². The number of nitrogens with zero attached hydrogens (tertiary/aromatic N) is 4. The van der Waals surface area contributed by atoms with Gasteiger partial charge in [-0.25, -0.2) is 0 Å². The van der Waals surface area contributed by atoms with Crippen molar-refractivity contribution in [2.75, 3.05) is 18.0 Å². The first-order valence-corrected chi connectivity index (χ1v) is 7.75. The van der Waals surface area contributed by atoms with Crippen molar-refractivity contribution in [3.63, 3.8) is 0 Å². The number of aromatic amines is 1. The Balaban J connectivity index is 1.70. The van der Waals surface area contributed by atoms with Crippen LogP contribution in [0.4, 0.5) is 5.69 Å². The third-order valence-corrected chi connectivity index (χ3v) is 4.01. The summed E-state index contributed by atoms with van der Waals surface area (Å²) in [6.45, 7) is 2.33. The lowest BCUT2D eigenvalue weighted by Gasteiger charge is -2.22. The molecule has 0 atom stereocenters. The van der Waals surface area contributed by atoms with E-state index >= 15 is 0 Å². The number of hydrogen-bond donors (Lipinski definition) is 1.